The van der Waals surface area contributed by atoms with E-state index in [1.807, 2.05) is 0 Å². The van der Waals surface area contributed by atoms with Crippen LogP contribution in [-0.4, -0.2) is 19.7 Å². The third-order valence-electron chi connectivity index (χ3n) is 9.17. The van der Waals surface area contributed by atoms with Crippen LogP contribution in [0, 0.1) is 22.2 Å². The molecule has 4 aliphatic rings. The van der Waals surface area contributed by atoms with Gasteiger partial charge in [-0.3, -0.25) is 4.79 Å². The summed E-state index contributed by atoms with van der Waals surface area (Å²) in [5.74, 6) is 0.849. The average molecular weight is 335 g/mol. The largest absolute Gasteiger partial charge is 0.411 e. The zero-order valence-corrected chi connectivity index (χ0v) is 17.1. The van der Waals surface area contributed by atoms with Crippen molar-refractivity contribution in [1.29, 1.82) is 0 Å². The van der Waals surface area contributed by atoms with E-state index in [1.54, 1.807) is 0 Å². The molecular weight excluding hydrogens is 300 g/mol. The lowest BCUT2D eigenvalue weighted by molar-refractivity contribution is -0.209. The molecule has 4 fully saturated rings. The Labute approximate surface area is 142 Å². The van der Waals surface area contributed by atoms with Crippen molar-refractivity contribution in [2.75, 3.05) is 0 Å². The van der Waals surface area contributed by atoms with Gasteiger partial charge in [0, 0.05) is 17.8 Å². The highest BCUT2D eigenvalue weighted by molar-refractivity contribution is 6.74. The van der Waals surface area contributed by atoms with E-state index in [2.05, 4.69) is 47.7 Å². The molecular formula is C20H34O2Si. The van der Waals surface area contributed by atoms with Crippen LogP contribution in [0.25, 0.3) is 0 Å². The zero-order chi connectivity index (χ0) is 17.1. The number of hydrogen-bond acceptors (Lipinski definition) is 2. The molecule has 0 aromatic carbocycles. The Morgan fingerprint density at radius 2 is 1.61 bits per heavy atom. The highest BCUT2D eigenvalue weighted by Gasteiger charge is 2.87. The van der Waals surface area contributed by atoms with Crippen molar-refractivity contribution in [3.63, 3.8) is 0 Å². The van der Waals surface area contributed by atoms with Crippen molar-refractivity contribution >= 4 is 14.1 Å². The fourth-order valence-corrected chi connectivity index (χ4v) is 9.16. The summed E-state index contributed by atoms with van der Waals surface area (Å²) in [4.78, 5) is 12.8. The van der Waals surface area contributed by atoms with Crippen molar-refractivity contribution in [2.24, 2.45) is 22.2 Å². The van der Waals surface area contributed by atoms with Gasteiger partial charge in [0.15, 0.2) is 8.32 Å². The maximum absolute atomic E-state index is 12.8. The van der Waals surface area contributed by atoms with Crippen LogP contribution in [0.4, 0.5) is 0 Å². The Morgan fingerprint density at radius 1 is 1.04 bits per heavy atom. The standard InChI is InChI=1S/C20H34O2Si/c1-16(2,3)23(6,7)22-19-10-8-17(4)12-14-15(21)13-18(5,9-11-19)20(14,17)19/h14H,8-13H2,1-7H3/t14-,17+,18+,19-,20-/m0/s1. The van der Waals surface area contributed by atoms with Crippen molar-refractivity contribution in [1.82, 2.24) is 0 Å². The quantitative estimate of drug-likeness (QED) is 0.638. The fraction of sp³-hybridized carbons (Fsp3) is 0.950. The van der Waals surface area contributed by atoms with Gasteiger partial charge in [0.1, 0.15) is 5.78 Å². The van der Waals surface area contributed by atoms with Crippen LogP contribution in [-0.2, 0) is 9.22 Å². The summed E-state index contributed by atoms with van der Waals surface area (Å²) in [6.45, 7) is 16.7. The molecule has 0 N–H and O–H groups in total. The third-order valence-corrected chi connectivity index (χ3v) is 13.7. The van der Waals surface area contributed by atoms with Crippen molar-refractivity contribution in [3.8, 4) is 0 Å². The summed E-state index contributed by atoms with van der Waals surface area (Å²) in [6, 6.07) is 0. The van der Waals surface area contributed by atoms with Crippen LogP contribution in [0.3, 0.4) is 0 Å². The van der Waals surface area contributed by atoms with Crippen LogP contribution < -0.4 is 0 Å². The molecule has 4 rings (SSSR count). The topological polar surface area (TPSA) is 26.3 Å². The number of ketones is 1. The molecule has 0 amide bonds. The molecule has 0 bridgehead atoms. The second-order valence-electron chi connectivity index (χ2n) is 11.2. The Bertz CT molecular complexity index is 587. The molecule has 0 aromatic heterocycles. The molecule has 130 valence electrons. The first-order chi connectivity index (χ1) is 10.3. The van der Waals surface area contributed by atoms with E-state index >= 15 is 0 Å². The smallest absolute Gasteiger partial charge is 0.192 e. The van der Waals surface area contributed by atoms with Crippen LogP contribution in [0.15, 0.2) is 0 Å². The van der Waals surface area contributed by atoms with E-state index in [-0.39, 0.29) is 21.5 Å². The minimum atomic E-state index is -1.84. The summed E-state index contributed by atoms with van der Waals surface area (Å²) in [5, 5.41) is 0.234. The lowest BCUT2D eigenvalue weighted by atomic mass is 9.40. The molecule has 5 atom stereocenters. The van der Waals surface area contributed by atoms with Gasteiger partial charge in [-0.1, -0.05) is 34.6 Å². The second-order valence-corrected chi connectivity index (χ2v) is 15.9. The molecule has 0 unspecified atom stereocenters. The van der Waals surface area contributed by atoms with Gasteiger partial charge in [0.25, 0.3) is 0 Å². The molecule has 23 heavy (non-hydrogen) atoms. The van der Waals surface area contributed by atoms with Gasteiger partial charge in [-0.2, -0.15) is 0 Å². The Hall–Kier alpha value is -0.153. The van der Waals surface area contributed by atoms with Crippen LogP contribution in [0.1, 0.15) is 73.1 Å². The van der Waals surface area contributed by atoms with E-state index in [4.69, 9.17) is 4.43 Å². The van der Waals surface area contributed by atoms with Crippen LogP contribution >= 0.6 is 0 Å². The van der Waals surface area contributed by atoms with Crippen molar-refractivity contribution in [3.05, 3.63) is 0 Å². The third kappa shape index (κ3) is 1.50. The Kier molecular flexibility index (Phi) is 2.82. The van der Waals surface area contributed by atoms with E-state index < -0.39 is 8.32 Å². The predicted molar refractivity (Wildman–Crippen MR) is 95.9 cm³/mol. The molecule has 4 aliphatic carbocycles. The molecule has 0 heterocycles. The minimum Gasteiger partial charge on any atom is -0.411 e. The molecule has 0 radical (unpaired) electrons. The zero-order valence-electron chi connectivity index (χ0n) is 16.1. The summed E-state index contributed by atoms with van der Waals surface area (Å²) >= 11 is 0. The predicted octanol–water partition coefficient (Wildman–Crippen LogP) is 5.33. The number of carbonyl (C=O) groups is 1. The highest BCUT2D eigenvalue weighted by atomic mass is 28.4. The van der Waals surface area contributed by atoms with Gasteiger partial charge >= 0.3 is 0 Å². The normalized spacial score (nSPS) is 51.6. The van der Waals surface area contributed by atoms with Gasteiger partial charge in [-0.05, 0) is 61.1 Å². The van der Waals surface area contributed by atoms with E-state index in [0.29, 0.717) is 17.1 Å². The maximum atomic E-state index is 12.8. The first kappa shape index (κ1) is 16.3. The minimum absolute atomic E-state index is 0.00538. The Balaban J connectivity index is 1.83. The molecule has 0 saturated heterocycles. The van der Waals surface area contributed by atoms with Crippen LogP contribution in [0.2, 0.25) is 18.1 Å². The first-order valence-corrected chi connectivity index (χ1v) is 12.5. The van der Waals surface area contributed by atoms with Gasteiger partial charge in [0.05, 0.1) is 5.60 Å². The van der Waals surface area contributed by atoms with Gasteiger partial charge < -0.3 is 4.43 Å². The molecule has 3 heteroatoms. The number of carbonyl (C=O) groups excluding carboxylic acids is 1. The van der Waals surface area contributed by atoms with Crippen molar-refractivity contribution < 1.29 is 9.22 Å². The molecule has 2 nitrogen and oxygen atoms in total. The second kappa shape index (κ2) is 3.98. The average Bonchev–Trinajstić information content (AvgIpc) is 2.80. The van der Waals surface area contributed by atoms with Crippen molar-refractivity contribution in [2.45, 2.75) is 96.9 Å². The number of Topliss-reactive ketones (excluding diaryl/α,β-unsaturated/α-hetero) is 1. The Morgan fingerprint density at radius 3 is 2.17 bits per heavy atom. The highest BCUT2D eigenvalue weighted by Crippen LogP contribution is 2.88. The van der Waals surface area contributed by atoms with Gasteiger partial charge in [-0.25, -0.2) is 0 Å². The summed E-state index contributed by atoms with van der Waals surface area (Å²) in [5.41, 5.74) is 0.687. The first-order valence-electron chi connectivity index (χ1n) is 9.57. The molecule has 1 spiro atoms. The lowest BCUT2D eigenvalue weighted by Crippen LogP contribution is -2.67. The summed E-state index contributed by atoms with van der Waals surface area (Å²) in [6.07, 6.45) is 6.78. The summed E-state index contributed by atoms with van der Waals surface area (Å²) < 4.78 is 7.25. The van der Waals surface area contributed by atoms with Gasteiger partial charge in [0.2, 0.25) is 0 Å². The number of hydrogen-bond donors (Lipinski definition) is 0. The maximum Gasteiger partial charge on any atom is 0.192 e. The lowest BCUT2D eigenvalue weighted by Gasteiger charge is -2.65. The number of rotatable bonds is 2. The fourth-order valence-electron chi connectivity index (χ4n) is 7.51. The molecule has 0 aliphatic heterocycles. The van der Waals surface area contributed by atoms with Gasteiger partial charge in [-0.15, -0.1) is 0 Å². The molecule has 4 saturated carbocycles. The van der Waals surface area contributed by atoms with Crippen LogP contribution in [0.5, 0.6) is 0 Å². The SMILES string of the molecule is CC(C)(C)[Si](C)(C)O[C@]12CC[C@]3(C)CC(=O)[C@@H]4C[C@@](C)(CC1)[C@@]432. The molecule has 0 aromatic rings. The van der Waals surface area contributed by atoms with E-state index in [9.17, 15) is 4.79 Å². The van der Waals surface area contributed by atoms with E-state index in [1.165, 1.54) is 25.7 Å². The summed E-state index contributed by atoms with van der Waals surface area (Å²) in [7, 11) is -1.84. The monoisotopic (exact) mass is 334 g/mol. The van der Waals surface area contributed by atoms with E-state index in [0.717, 1.165) is 12.8 Å².